The summed E-state index contributed by atoms with van der Waals surface area (Å²) in [6.07, 6.45) is -7.58. The van der Waals surface area contributed by atoms with E-state index in [1.807, 2.05) is 0 Å². The number of carbonyl (C=O) groups excluding carboxylic acids is 8. The fourth-order valence-corrected chi connectivity index (χ4v) is 3.90. The summed E-state index contributed by atoms with van der Waals surface area (Å²) in [6.45, 7) is 4.45. The minimum absolute atomic E-state index is 0.710. The molecule has 0 aromatic rings. The average molecular weight is 592 g/mol. The van der Waals surface area contributed by atoms with E-state index in [0.717, 1.165) is 48.7 Å². The molecule has 1 N–H and O–H groups in total. The maximum absolute atomic E-state index is 12.9. The van der Waals surface area contributed by atoms with Gasteiger partial charge in [-0.05, 0) is 0 Å². The Bertz CT molecular complexity index is 1040. The Balaban J connectivity index is 3.87. The predicted octanol–water partition coefficient (Wildman–Crippen LogP) is -1.39. The maximum Gasteiger partial charge on any atom is 0.379 e. The Morgan fingerprint density at radius 1 is 0.805 bits per heavy atom. The second-order valence-electron chi connectivity index (χ2n) is 8.67. The van der Waals surface area contributed by atoms with E-state index in [-0.39, 0.29) is 0 Å². The molecule has 0 saturated carbocycles. The van der Waals surface area contributed by atoms with Crippen LogP contribution in [0.1, 0.15) is 48.0 Å². The second kappa shape index (κ2) is 15.5. The highest BCUT2D eigenvalue weighted by molar-refractivity contribution is 5.83. The zero-order valence-electron chi connectivity index (χ0n) is 23.5. The highest BCUT2D eigenvalue weighted by Crippen LogP contribution is 2.37. The first-order chi connectivity index (χ1) is 19.0. The number of ether oxygens (including phenoxy) is 8. The maximum atomic E-state index is 12.9. The van der Waals surface area contributed by atoms with Crippen molar-refractivity contribution >= 4 is 47.7 Å². The average Bonchev–Trinajstić information content (AvgIpc) is 2.83. The molecule has 0 bridgehead atoms. The number of carbonyl (C=O) groups is 8. The molecule has 6 atom stereocenters. The third-order valence-corrected chi connectivity index (χ3v) is 5.17. The lowest BCUT2D eigenvalue weighted by Crippen LogP contribution is -2.69. The second-order valence-corrected chi connectivity index (χ2v) is 8.67. The van der Waals surface area contributed by atoms with Crippen LogP contribution in [0.15, 0.2) is 0 Å². The smallest absolute Gasteiger partial charge is 0.379 e. The molecule has 1 heterocycles. The molecule has 17 nitrogen and oxygen atoms in total. The summed E-state index contributed by atoms with van der Waals surface area (Å²) in [7, 11) is 0.936. The van der Waals surface area contributed by atoms with Crippen molar-refractivity contribution in [3.63, 3.8) is 0 Å². The summed E-state index contributed by atoms with van der Waals surface area (Å²) in [5.41, 5.74) is 0. The van der Waals surface area contributed by atoms with Crippen LogP contribution in [0.2, 0.25) is 0 Å². The fraction of sp³-hybridized carbons (Fsp3) is 0.667. The van der Waals surface area contributed by atoms with Crippen LogP contribution >= 0.6 is 0 Å². The van der Waals surface area contributed by atoms with E-state index >= 15 is 0 Å². The monoisotopic (exact) mass is 591 g/mol. The Morgan fingerprint density at radius 2 is 1.39 bits per heavy atom. The molecule has 1 saturated heterocycles. The molecular weight excluding hydrogens is 558 g/mol. The molecule has 1 aliphatic heterocycles. The van der Waals surface area contributed by atoms with Crippen molar-refractivity contribution < 1.29 is 76.3 Å². The summed E-state index contributed by atoms with van der Waals surface area (Å²) >= 11 is 0. The summed E-state index contributed by atoms with van der Waals surface area (Å²) in [6, 6.07) is -1.55. The third-order valence-electron chi connectivity index (χ3n) is 5.17. The normalized spacial score (nSPS) is 23.0. The zero-order chi connectivity index (χ0) is 31.5. The van der Waals surface area contributed by atoms with Crippen LogP contribution in [-0.4, -0.2) is 104 Å². The molecule has 1 amide bonds. The van der Waals surface area contributed by atoms with Crippen LogP contribution < -0.4 is 5.32 Å². The van der Waals surface area contributed by atoms with Gasteiger partial charge in [-0.2, -0.15) is 0 Å². The molecular formula is C24H33NO16. The minimum Gasteiger partial charge on any atom is -0.464 e. The molecule has 1 fully saturated rings. The van der Waals surface area contributed by atoms with Crippen LogP contribution in [0.3, 0.4) is 0 Å². The van der Waals surface area contributed by atoms with Crippen LogP contribution in [0, 0.1) is 0 Å². The number of esters is 7. The van der Waals surface area contributed by atoms with E-state index < -0.39 is 104 Å². The van der Waals surface area contributed by atoms with Gasteiger partial charge in [-0.1, -0.05) is 0 Å². The van der Waals surface area contributed by atoms with E-state index in [1.54, 1.807) is 0 Å². The van der Waals surface area contributed by atoms with Crippen molar-refractivity contribution in [3.8, 4) is 0 Å². The highest BCUT2D eigenvalue weighted by atomic mass is 16.8. The summed E-state index contributed by atoms with van der Waals surface area (Å²) < 4.78 is 41.3. The molecule has 17 heteroatoms. The molecule has 230 valence electrons. The van der Waals surface area contributed by atoms with Gasteiger partial charge in [0.25, 0.3) is 5.91 Å². The van der Waals surface area contributed by atoms with Gasteiger partial charge in [0.15, 0.2) is 18.8 Å². The van der Waals surface area contributed by atoms with Gasteiger partial charge in [-0.3, -0.25) is 33.6 Å². The Kier molecular flexibility index (Phi) is 13.1. The van der Waals surface area contributed by atoms with Crippen molar-refractivity contribution in [2.75, 3.05) is 20.3 Å². The highest BCUT2D eigenvalue weighted by Gasteiger charge is 2.60. The summed E-state index contributed by atoms with van der Waals surface area (Å²) in [5, 5.41) is 2.40. The van der Waals surface area contributed by atoms with Gasteiger partial charge < -0.3 is 43.2 Å². The number of methoxy groups -OCH3 is 1. The van der Waals surface area contributed by atoms with Crippen molar-refractivity contribution in [1.29, 1.82) is 0 Å². The van der Waals surface area contributed by atoms with Crippen molar-refractivity contribution in [2.45, 2.75) is 84.2 Å². The predicted molar refractivity (Wildman–Crippen MR) is 128 cm³/mol. The van der Waals surface area contributed by atoms with Gasteiger partial charge in [0.1, 0.15) is 18.8 Å². The standard InChI is InChI=1S/C24H33NO16/c1-11(26)35-9-18(38-14(4)29)21(39-15(5)30)22-20(25-19(32)10-36-12(2)27)17(37-13(3)28)8-24(41-22,23(33)34-7)40-16(6)31/h17-18,20-22H,8-10H2,1-7H3,(H,25,32)/t17-,18?,20+,21+,22+,24?/m0/s1. The largest absolute Gasteiger partial charge is 0.464 e. The van der Waals surface area contributed by atoms with Crippen LogP contribution in [-0.2, 0) is 76.3 Å². The number of hydrogen-bond acceptors (Lipinski definition) is 16. The first-order valence-electron chi connectivity index (χ1n) is 12.0. The van der Waals surface area contributed by atoms with Crippen LogP contribution in [0.25, 0.3) is 0 Å². The fourth-order valence-electron chi connectivity index (χ4n) is 3.90. The van der Waals surface area contributed by atoms with E-state index in [9.17, 15) is 38.4 Å². The van der Waals surface area contributed by atoms with Crippen molar-refractivity contribution in [3.05, 3.63) is 0 Å². The SMILES string of the molecule is COC(=O)C1(OC(C)=O)C[C@H](OC(C)=O)[C@@H](NC(=O)COC(C)=O)[C@H]([C@H](OC(C)=O)C(COC(C)=O)OC(C)=O)O1. The first-order valence-corrected chi connectivity index (χ1v) is 12.0. The number of nitrogens with one attached hydrogen (secondary N) is 1. The van der Waals surface area contributed by atoms with Crippen LogP contribution in [0.5, 0.6) is 0 Å². The molecule has 0 aliphatic carbocycles. The van der Waals surface area contributed by atoms with Crippen molar-refractivity contribution in [2.24, 2.45) is 0 Å². The van der Waals surface area contributed by atoms with Gasteiger partial charge in [-0.25, -0.2) is 4.79 Å². The topological polar surface area (TPSA) is 222 Å². The first kappa shape index (κ1) is 34.7. The van der Waals surface area contributed by atoms with Gasteiger partial charge in [0, 0.05) is 41.5 Å². The van der Waals surface area contributed by atoms with E-state index in [2.05, 4.69) is 10.1 Å². The molecule has 2 unspecified atom stereocenters. The summed E-state index contributed by atoms with van der Waals surface area (Å²) in [5.74, 6) is -10.4. The Hall–Kier alpha value is -4.28. The molecule has 41 heavy (non-hydrogen) atoms. The van der Waals surface area contributed by atoms with Gasteiger partial charge in [-0.15, -0.1) is 0 Å². The molecule has 1 rings (SSSR count). The van der Waals surface area contributed by atoms with Gasteiger partial charge >= 0.3 is 47.6 Å². The van der Waals surface area contributed by atoms with Crippen molar-refractivity contribution in [1.82, 2.24) is 5.32 Å². The molecule has 0 aromatic carbocycles. The number of rotatable bonds is 12. The molecule has 0 aromatic heterocycles. The van der Waals surface area contributed by atoms with Gasteiger partial charge in [0.05, 0.1) is 19.6 Å². The molecule has 0 radical (unpaired) electrons. The molecule has 0 spiro atoms. The van der Waals surface area contributed by atoms with Gasteiger partial charge in [0.2, 0.25) is 0 Å². The quantitative estimate of drug-likeness (QED) is 0.204. The zero-order valence-corrected chi connectivity index (χ0v) is 23.5. The van der Waals surface area contributed by atoms with Crippen LogP contribution in [0.4, 0.5) is 0 Å². The Labute approximate surface area is 234 Å². The number of hydrogen-bond donors (Lipinski definition) is 1. The lowest BCUT2D eigenvalue weighted by molar-refractivity contribution is -0.304. The van der Waals surface area contributed by atoms with E-state index in [1.165, 1.54) is 0 Å². The minimum atomic E-state index is -2.64. The van der Waals surface area contributed by atoms with E-state index in [0.29, 0.717) is 0 Å². The lowest BCUT2D eigenvalue weighted by atomic mass is 9.88. The third kappa shape index (κ3) is 11.0. The lowest BCUT2D eigenvalue weighted by Gasteiger charge is -2.48. The molecule has 1 aliphatic rings. The summed E-state index contributed by atoms with van der Waals surface area (Å²) in [4.78, 5) is 96.6. The number of amides is 1. The Morgan fingerprint density at radius 3 is 1.85 bits per heavy atom. The van der Waals surface area contributed by atoms with E-state index in [4.69, 9.17) is 33.2 Å².